The van der Waals surface area contributed by atoms with Gasteiger partial charge in [0.2, 0.25) is 0 Å². The Labute approximate surface area is 247 Å². The van der Waals surface area contributed by atoms with Crippen LogP contribution in [-0.2, 0) is 17.0 Å². The molecule has 3 N–H and O–H groups in total. The first-order valence-electron chi connectivity index (χ1n) is 13.7. The molecule has 1 amide bonds. The molecule has 1 aliphatic carbocycles. The second kappa shape index (κ2) is 12.7. The van der Waals surface area contributed by atoms with Gasteiger partial charge in [0.25, 0.3) is 5.91 Å². The van der Waals surface area contributed by atoms with Crippen LogP contribution in [0.5, 0.6) is 0 Å². The number of amides is 1. The first-order chi connectivity index (χ1) is 19.7. The van der Waals surface area contributed by atoms with Crippen LogP contribution in [0.2, 0.25) is 10.0 Å². The van der Waals surface area contributed by atoms with Gasteiger partial charge in [-0.25, -0.2) is 14.4 Å². The summed E-state index contributed by atoms with van der Waals surface area (Å²) in [6.45, 7) is -0.725. The van der Waals surface area contributed by atoms with Gasteiger partial charge in [-0.3, -0.25) is 9.69 Å². The molecule has 5 rings (SSSR count). The van der Waals surface area contributed by atoms with Crippen LogP contribution in [0.3, 0.4) is 0 Å². The van der Waals surface area contributed by atoms with Crippen molar-refractivity contribution < 1.29 is 29.2 Å². The number of ether oxygens (including phenoxy) is 1. The Bertz CT molecular complexity index is 1370. The maximum Gasteiger partial charge on any atom is 0.257 e. The summed E-state index contributed by atoms with van der Waals surface area (Å²) in [6.07, 6.45) is 5.96. The number of aliphatic hydroxyl groups is 3. The Kier molecular flexibility index (Phi) is 9.23. The van der Waals surface area contributed by atoms with Crippen molar-refractivity contribution in [3.8, 4) is 0 Å². The van der Waals surface area contributed by atoms with E-state index in [4.69, 9.17) is 27.9 Å². The quantitative estimate of drug-likeness (QED) is 0.293. The molecule has 2 heterocycles. The standard InChI is InChI=1S/C30H32Cl2FN3O5/c31-21-6-4-20(5-7-21)30(41-12-11-37)28-24(29(40)36(30)17-27-34-15-22(32)16-35-27)13-19(14-25(28)33)26(39)10-3-18-1-8-23(38)9-2-18/h4-7,13-16,18,23,26,37-39H,1-3,8-12,17H2/t18-,23-,26?,30-/m1/s1. The maximum atomic E-state index is 16.2. The average molecular weight is 605 g/mol. The zero-order valence-corrected chi connectivity index (χ0v) is 23.9. The van der Waals surface area contributed by atoms with E-state index in [0.29, 0.717) is 33.5 Å². The Morgan fingerprint density at radius 2 is 1.76 bits per heavy atom. The number of hydrogen-bond acceptors (Lipinski definition) is 7. The number of aliphatic hydroxyl groups excluding tert-OH is 3. The van der Waals surface area contributed by atoms with E-state index in [9.17, 15) is 20.1 Å². The number of benzene rings is 2. The highest BCUT2D eigenvalue weighted by molar-refractivity contribution is 6.30. The van der Waals surface area contributed by atoms with Crippen LogP contribution < -0.4 is 0 Å². The van der Waals surface area contributed by atoms with Crippen LogP contribution in [0.4, 0.5) is 4.39 Å². The Balaban J connectivity index is 1.55. The van der Waals surface area contributed by atoms with E-state index in [2.05, 4.69) is 9.97 Å². The normalized spacial score (nSPS) is 23.1. The number of aromatic nitrogens is 2. The summed E-state index contributed by atoms with van der Waals surface area (Å²) in [4.78, 5) is 23.8. The molecule has 0 radical (unpaired) electrons. The molecular formula is C30H32Cl2FN3O5. The van der Waals surface area contributed by atoms with Crippen molar-refractivity contribution >= 4 is 29.1 Å². The molecule has 1 aromatic heterocycles. The number of halogens is 3. The molecule has 11 heteroatoms. The highest BCUT2D eigenvalue weighted by Crippen LogP contribution is 2.48. The predicted octanol–water partition coefficient (Wildman–Crippen LogP) is 5.15. The monoisotopic (exact) mass is 603 g/mol. The van der Waals surface area contributed by atoms with Crippen molar-refractivity contribution in [2.24, 2.45) is 5.92 Å². The fourth-order valence-electron chi connectivity index (χ4n) is 5.90. The minimum absolute atomic E-state index is 0.0237. The van der Waals surface area contributed by atoms with Gasteiger partial charge in [-0.05, 0) is 74.3 Å². The van der Waals surface area contributed by atoms with Gasteiger partial charge in [-0.2, -0.15) is 0 Å². The van der Waals surface area contributed by atoms with Crippen LogP contribution in [0.15, 0.2) is 48.8 Å². The molecule has 1 unspecified atom stereocenters. The van der Waals surface area contributed by atoms with Gasteiger partial charge < -0.3 is 20.1 Å². The molecule has 0 spiro atoms. The van der Waals surface area contributed by atoms with Crippen LogP contribution >= 0.6 is 23.2 Å². The van der Waals surface area contributed by atoms with Crippen LogP contribution in [0, 0.1) is 11.7 Å². The second-order valence-electron chi connectivity index (χ2n) is 10.6. The van der Waals surface area contributed by atoms with Crippen molar-refractivity contribution in [3.63, 3.8) is 0 Å². The molecule has 2 atom stereocenters. The van der Waals surface area contributed by atoms with E-state index in [1.54, 1.807) is 24.3 Å². The zero-order valence-electron chi connectivity index (χ0n) is 22.3. The molecule has 0 saturated heterocycles. The van der Waals surface area contributed by atoms with Crippen molar-refractivity contribution in [2.75, 3.05) is 13.2 Å². The average Bonchev–Trinajstić information content (AvgIpc) is 3.21. The fraction of sp³-hybridized carbons (Fsp3) is 0.433. The maximum absolute atomic E-state index is 16.2. The molecule has 41 heavy (non-hydrogen) atoms. The lowest BCUT2D eigenvalue weighted by Gasteiger charge is -2.39. The molecule has 218 valence electrons. The molecule has 1 fully saturated rings. The lowest BCUT2D eigenvalue weighted by Crippen LogP contribution is -2.47. The first-order valence-corrected chi connectivity index (χ1v) is 14.5. The molecule has 8 nitrogen and oxygen atoms in total. The predicted molar refractivity (Wildman–Crippen MR) is 151 cm³/mol. The van der Waals surface area contributed by atoms with Crippen molar-refractivity contribution in [1.29, 1.82) is 0 Å². The molecule has 1 aliphatic heterocycles. The summed E-state index contributed by atoms with van der Waals surface area (Å²) >= 11 is 12.1. The van der Waals surface area contributed by atoms with Crippen LogP contribution in [0.1, 0.15) is 77.5 Å². The summed E-state index contributed by atoms with van der Waals surface area (Å²) < 4.78 is 22.4. The van der Waals surface area contributed by atoms with Crippen molar-refractivity contribution in [3.05, 3.63) is 92.7 Å². The number of hydrogen-bond donors (Lipinski definition) is 3. The van der Waals surface area contributed by atoms with E-state index >= 15 is 4.39 Å². The second-order valence-corrected chi connectivity index (χ2v) is 11.5. The lowest BCUT2D eigenvalue weighted by atomic mass is 9.83. The summed E-state index contributed by atoms with van der Waals surface area (Å²) in [7, 11) is 0. The van der Waals surface area contributed by atoms with E-state index in [1.165, 1.54) is 29.4 Å². The smallest absolute Gasteiger partial charge is 0.257 e. The molecule has 1 saturated carbocycles. The Morgan fingerprint density at radius 3 is 2.41 bits per heavy atom. The number of carbonyl (C=O) groups excluding carboxylic acids is 1. The molecule has 3 aromatic rings. The van der Waals surface area contributed by atoms with E-state index in [-0.39, 0.29) is 42.8 Å². The Morgan fingerprint density at radius 1 is 1.07 bits per heavy atom. The van der Waals surface area contributed by atoms with Crippen LogP contribution in [-0.4, -0.2) is 55.4 Å². The summed E-state index contributed by atoms with van der Waals surface area (Å²) in [5.41, 5.74) is -1.03. The Hall–Kier alpha value is -2.66. The van der Waals surface area contributed by atoms with Gasteiger partial charge in [-0.1, -0.05) is 35.3 Å². The minimum Gasteiger partial charge on any atom is -0.394 e. The van der Waals surface area contributed by atoms with Gasteiger partial charge in [0, 0.05) is 23.0 Å². The largest absolute Gasteiger partial charge is 0.394 e. The molecular weight excluding hydrogens is 572 g/mol. The van der Waals surface area contributed by atoms with E-state index < -0.39 is 23.6 Å². The fourth-order valence-corrected chi connectivity index (χ4v) is 6.12. The molecule has 2 aliphatic rings. The number of rotatable bonds is 10. The van der Waals surface area contributed by atoms with Gasteiger partial charge in [0.05, 0.1) is 48.1 Å². The van der Waals surface area contributed by atoms with E-state index in [1.807, 2.05) is 0 Å². The van der Waals surface area contributed by atoms with E-state index in [0.717, 1.165) is 32.1 Å². The lowest BCUT2D eigenvalue weighted by molar-refractivity contribution is -0.121. The summed E-state index contributed by atoms with van der Waals surface area (Å²) in [6, 6.07) is 9.27. The highest BCUT2D eigenvalue weighted by Gasteiger charge is 2.54. The topological polar surface area (TPSA) is 116 Å². The van der Waals surface area contributed by atoms with Gasteiger partial charge >= 0.3 is 0 Å². The number of fused-ring (bicyclic) bond motifs is 1. The molecule has 0 bridgehead atoms. The summed E-state index contributed by atoms with van der Waals surface area (Å²) in [5, 5.41) is 31.3. The molecule has 2 aromatic carbocycles. The van der Waals surface area contributed by atoms with Crippen molar-refractivity contribution in [1.82, 2.24) is 14.9 Å². The van der Waals surface area contributed by atoms with Gasteiger partial charge in [0.1, 0.15) is 11.6 Å². The third-order valence-electron chi connectivity index (χ3n) is 7.97. The van der Waals surface area contributed by atoms with Gasteiger partial charge in [0.15, 0.2) is 5.72 Å². The summed E-state index contributed by atoms with van der Waals surface area (Å²) in [5.74, 6) is -0.633. The SMILES string of the molecule is O=C1c2cc(C(O)CC[C@H]3CC[C@H](O)CC3)cc(F)c2[C@](OCCO)(c2ccc(Cl)cc2)N1Cc1ncc(Cl)cn1. The highest BCUT2D eigenvalue weighted by atomic mass is 35.5. The van der Waals surface area contributed by atoms with Crippen molar-refractivity contribution in [2.45, 2.75) is 63.0 Å². The third-order valence-corrected chi connectivity index (χ3v) is 8.41. The minimum atomic E-state index is -1.76. The third kappa shape index (κ3) is 6.11. The van der Waals surface area contributed by atoms with Gasteiger partial charge in [-0.15, -0.1) is 0 Å². The zero-order chi connectivity index (χ0) is 29.1. The van der Waals surface area contributed by atoms with Crippen LogP contribution in [0.25, 0.3) is 0 Å². The number of nitrogens with zero attached hydrogens (tertiary/aromatic N) is 3. The number of carbonyl (C=O) groups is 1. The first kappa shape index (κ1) is 29.8.